The van der Waals surface area contributed by atoms with Crippen LogP contribution in [0.1, 0.15) is 64.5 Å². The summed E-state index contributed by atoms with van der Waals surface area (Å²) in [6, 6.07) is 10.5. The number of aliphatic carboxylic acids is 2. The number of amides is 4. The Kier molecular flexibility index (Phi) is 16.7. The van der Waals surface area contributed by atoms with Crippen molar-refractivity contribution < 1.29 is 71.8 Å². The van der Waals surface area contributed by atoms with Crippen molar-refractivity contribution >= 4 is 44.6 Å². The minimum absolute atomic E-state index is 0.0395. The van der Waals surface area contributed by atoms with Crippen LogP contribution in [0.25, 0.3) is 0 Å². The second-order valence-corrected chi connectivity index (χ2v) is 19.3. The van der Waals surface area contributed by atoms with Crippen LogP contribution >= 0.6 is 15.3 Å². The monoisotopic (exact) mass is 922 g/mol. The molecule has 23 heteroatoms. The van der Waals surface area contributed by atoms with E-state index in [0.29, 0.717) is 47.7 Å². The van der Waals surface area contributed by atoms with Gasteiger partial charge in [-0.2, -0.15) is 5.09 Å². The van der Waals surface area contributed by atoms with Crippen LogP contribution in [-0.2, 0) is 37.2 Å². The van der Waals surface area contributed by atoms with Gasteiger partial charge in [0.2, 0.25) is 0 Å². The molecular weight excluding hydrogens is 866 g/mol. The van der Waals surface area contributed by atoms with Crippen molar-refractivity contribution in [1.29, 1.82) is 0 Å². The summed E-state index contributed by atoms with van der Waals surface area (Å²) in [5.74, 6) is -2.09. The first-order valence-electron chi connectivity index (χ1n) is 20.2. The van der Waals surface area contributed by atoms with E-state index in [1.807, 2.05) is 6.92 Å². The first-order chi connectivity index (χ1) is 29.7. The van der Waals surface area contributed by atoms with Crippen molar-refractivity contribution in [1.82, 2.24) is 30.6 Å². The average molecular weight is 923 g/mol. The molecule has 8 N–H and O–H groups in total. The molecule has 0 spiro atoms. The third-order valence-corrected chi connectivity index (χ3v) is 14.4. The lowest BCUT2D eigenvalue weighted by atomic mass is 10.2. The van der Waals surface area contributed by atoms with Gasteiger partial charge in [0.1, 0.15) is 30.3 Å². The van der Waals surface area contributed by atoms with Crippen LogP contribution in [0, 0.1) is 13.8 Å². The van der Waals surface area contributed by atoms with Gasteiger partial charge in [0, 0.05) is 12.4 Å². The number of carbonyl (C=O) groups excluding carboxylic acids is 2. The zero-order chi connectivity index (χ0) is 46.2. The summed E-state index contributed by atoms with van der Waals surface area (Å²) in [4.78, 5) is 49.6. The number of hydrogen-bond donors (Lipinski definition) is 8. The molecule has 63 heavy (non-hydrogen) atoms. The fourth-order valence-corrected chi connectivity index (χ4v) is 10.3. The van der Waals surface area contributed by atoms with E-state index in [1.54, 1.807) is 75.5 Å². The van der Waals surface area contributed by atoms with Gasteiger partial charge in [0.05, 0.1) is 30.7 Å². The predicted octanol–water partition coefficient (Wildman–Crippen LogP) is 3.96. The zero-order valence-electron chi connectivity index (χ0n) is 35.7. The molecule has 6 rings (SSSR count). The highest BCUT2D eigenvalue weighted by Crippen LogP contribution is 2.46. The number of ether oxygens (including phenoxy) is 2. The molecule has 346 valence electrons. The molecule has 0 radical (unpaired) electrons. The summed E-state index contributed by atoms with van der Waals surface area (Å²) in [5.41, 5.74) is 2.84. The van der Waals surface area contributed by atoms with Crippen molar-refractivity contribution in [2.24, 2.45) is 0 Å². The molecule has 4 aliphatic rings. The summed E-state index contributed by atoms with van der Waals surface area (Å²) in [5, 5.41) is 48.2. The molecule has 2 fully saturated rings. The quantitative estimate of drug-likeness (QED) is 0.104. The van der Waals surface area contributed by atoms with E-state index in [4.69, 9.17) is 23.0 Å². The van der Waals surface area contributed by atoms with Gasteiger partial charge in [-0.05, 0) is 102 Å². The number of aliphatic hydroxyl groups is 2. The lowest BCUT2D eigenvalue weighted by molar-refractivity contribution is -0.139. The largest absolute Gasteiger partial charge is 0.480 e. The Hall–Kier alpha value is -4.66. The van der Waals surface area contributed by atoms with E-state index in [0.717, 1.165) is 5.56 Å². The zero-order valence-corrected chi connectivity index (χ0v) is 37.5. The van der Waals surface area contributed by atoms with E-state index in [2.05, 4.69) is 20.8 Å². The second-order valence-electron chi connectivity index (χ2n) is 15.6. The van der Waals surface area contributed by atoms with Crippen LogP contribution in [0.5, 0.6) is 5.75 Å². The number of carboxylic acid groups (broad SMARTS) is 2. The number of nitrogens with one attached hydrogen (secondary N) is 4. The number of carboxylic acids is 2. The van der Waals surface area contributed by atoms with Crippen molar-refractivity contribution in [2.45, 2.75) is 116 Å². The number of urea groups is 2. The van der Waals surface area contributed by atoms with Gasteiger partial charge in [0.15, 0.2) is 12.5 Å². The van der Waals surface area contributed by atoms with Crippen LogP contribution < -0.4 is 30.6 Å². The van der Waals surface area contributed by atoms with E-state index >= 15 is 0 Å². The van der Waals surface area contributed by atoms with Crippen molar-refractivity contribution in [3.05, 3.63) is 83.2 Å². The second kappa shape index (κ2) is 21.3. The van der Waals surface area contributed by atoms with Crippen molar-refractivity contribution in [2.75, 3.05) is 13.2 Å². The Labute approximate surface area is 364 Å². The first kappa shape index (κ1) is 49.4. The third kappa shape index (κ3) is 13.2. The topological polar surface area (TPSA) is 284 Å². The number of carbonyl (C=O) groups is 4. The molecule has 21 nitrogen and oxygen atoms in total. The molecule has 4 amide bonds. The van der Waals surface area contributed by atoms with Crippen LogP contribution in [-0.4, -0.2) is 117 Å². The summed E-state index contributed by atoms with van der Waals surface area (Å²) in [7, 11) is -7.75. The Morgan fingerprint density at radius 1 is 0.746 bits per heavy atom. The van der Waals surface area contributed by atoms with Crippen LogP contribution in [0.3, 0.4) is 0 Å². The number of benzene rings is 2. The molecule has 0 bridgehead atoms. The Morgan fingerprint density at radius 2 is 1.22 bits per heavy atom. The third-order valence-electron chi connectivity index (χ3n) is 10.3. The van der Waals surface area contributed by atoms with Gasteiger partial charge < -0.3 is 49.6 Å². The molecule has 10 atom stereocenters. The highest BCUT2D eigenvalue weighted by Gasteiger charge is 2.40. The van der Waals surface area contributed by atoms with Gasteiger partial charge in [-0.15, -0.1) is 0 Å². The smallest absolute Gasteiger partial charge is 0.459 e. The molecule has 0 aliphatic carbocycles. The van der Waals surface area contributed by atoms with E-state index in [-0.39, 0.29) is 19.0 Å². The molecule has 2 saturated heterocycles. The molecule has 4 unspecified atom stereocenters. The predicted molar refractivity (Wildman–Crippen MR) is 226 cm³/mol. The fourth-order valence-electron chi connectivity index (χ4n) is 6.63. The average Bonchev–Trinajstić information content (AvgIpc) is 3.91. The Bertz CT molecular complexity index is 2140. The minimum Gasteiger partial charge on any atom is -0.480 e. The molecule has 4 aliphatic heterocycles. The highest BCUT2D eigenvalue weighted by atomic mass is 31.2. The van der Waals surface area contributed by atoms with E-state index < -0.39 is 88.5 Å². The molecule has 2 aromatic rings. The lowest BCUT2D eigenvalue weighted by Crippen LogP contribution is -2.51. The van der Waals surface area contributed by atoms with Crippen LogP contribution in [0.2, 0.25) is 0 Å². The van der Waals surface area contributed by atoms with Crippen LogP contribution in [0.15, 0.2) is 72.1 Å². The van der Waals surface area contributed by atoms with Gasteiger partial charge in [0.25, 0.3) is 0 Å². The Morgan fingerprint density at radius 3 is 1.71 bits per heavy atom. The molecular formula is C40H56N6O15P2. The normalized spacial score (nSPS) is 26.4. The van der Waals surface area contributed by atoms with E-state index in [1.165, 1.54) is 29.8 Å². The fraction of sp³-hybridized carbons (Fsp3) is 0.500. The van der Waals surface area contributed by atoms with Gasteiger partial charge in [-0.25, -0.2) is 19.2 Å². The number of rotatable bonds is 17. The first-order valence-corrected chi connectivity index (χ1v) is 23.4. The van der Waals surface area contributed by atoms with Crippen molar-refractivity contribution in [3.63, 3.8) is 0 Å². The molecule has 0 aromatic heterocycles. The SMILES string of the molecule is CC1=CN([C@H]2CC[C@@H](COP(=O)(NC(C)C(=O)O)Oc3ccc(C)cc3)O2)C(=O)N[C@H]1O.CC1=CN([C@H]2CC[C@@H](COP(=O)(NC(C)C(=O)O)c3ccccc3C)O2)C(=O)N[C@H]1O. The van der Waals surface area contributed by atoms with Gasteiger partial charge in [-0.3, -0.25) is 28.5 Å². The lowest BCUT2D eigenvalue weighted by Gasteiger charge is -2.32. The summed E-state index contributed by atoms with van der Waals surface area (Å²) < 4.78 is 55.5. The molecule has 0 saturated carbocycles. The summed E-state index contributed by atoms with van der Waals surface area (Å²) >= 11 is 0. The van der Waals surface area contributed by atoms with E-state index in [9.17, 15) is 48.7 Å². The molecule has 2 aromatic carbocycles. The summed E-state index contributed by atoms with van der Waals surface area (Å²) in [6.07, 6.45) is 1.09. The number of aryl methyl sites for hydroxylation is 2. The maximum atomic E-state index is 13.7. The number of aliphatic hydroxyl groups excluding tert-OH is 2. The summed E-state index contributed by atoms with van der Waals surface area (Å²) in [6.45, 7) is 9.59. The maximum Gasteiger partial charge on any atom is 0.459 e. The number of nitrogens with zero attached hydrogens (tertiary/aromatic N) is 2. The van der Waals surface area contributed by atoms with Crippen LogP contribution in [0.4, 0.5) is 9.59 Å². The number of hydrogen-bond acceptors (Lipinski definition) is 13. The molecule has 4 heterocycles. The van der Waals surface area contributed by atoms with Gasteiger partial charge >= 0.3 is 39.3 Å². The standard InChI is InChI=1S/C20H28N3O8P.C20H28N3O7P/c1-12-4-6-15(7-5-12)31-32(28,22-14(3)19(25)26)29-11-16-8-9-17(30-16)23-10-13(2)18(24)21-20(23)27;1-12-6-4-5-7-16(12)31(28,22-14(3)19(25)26)29-11-15-8-9-17(30-15)23-10-13(2)18(24)21-20(23)27/h4-7,10,14,16-18,24H,8-9,11H2,1-3H3,(H,21,27)(H,22,28)(H,25,26);4-7,10,14-15,17-18,24H,8-9,11H2,1-3H3,(H,21,27)(H,22,28)(H,25,26)/t14?,16-,17+,18-,32?;14?,15-,17+,18-,31?/m00/s1. The van der Waals surface area contributed by atoms with Crippen molar-refractivity contribution in [3.8, 4) is 5.75 Å². The Balaban J connectivity index is 0.000000238. The maximum absolute atomic E-state index is 13.7. The minimum atomic E-state index is -4.05. The highest BCUT2D eigenvalue weighted by molar-refractivity contribution is 7.65. The van der Waals surface area contributed by atoms with Gasteiger partial charge in [-0.1, -0.05) is 35.9 Å².